The standard InChI is InChI=1S/C15H18O4/c1-11(2)14(15(17)18-3)19-13(16)10-9-12-7-5-4-6-8-12/h4-11,14H,1-3H3/b10-9+/t14-/m1/s1. The van der Waals surface area contributed by atoms with Gasteiger partial charge in [0.25, 0.3) is 0 Å². The lowest BCUT2D eigenvalue weighted by Gasteiger charge is -2.17. The third kappa shape index (κ3) is 4.95. The summed E-state index contributed by atoms with van der Waals surface area (Å²) < 4.78 is 9.68. The molecule has 0 aliphatic rings. The smallest absolute Gasteiger partial charge is 0.347 e. The molecule has 1 aromatic carbocycles. The van der Waals surface area contributed by atoms with Crippen molar-refractivity contribution in [2.75, 3.05) is 7.11 Å². The number of carbonyl (C=O) groups is 2. The zero-order valence-electron chi connectivity index (χ0n) is 11.3. The third-order valence-corrected chi connectivity index (χ3v) is 2.49. The van der Waals surface area contributed by atoms with Gasteiger partial charge in [0.05, 0.1) is 7.11 Å². The van der Waals surface area contributed by atoms with Gasteiger partial charge < -0.3 is 9.47 Å². The Hall–Kier alpha value is -2.10. The van der Waals surface area contributed by atoms with Gasteiger partial charge in [-0.1, -0.05) is 44.2 Å². The number of hydrogen-bond acceptors (Lipinski definition) is 4. The summed E-state index contributed by atoms with van der Waals surface area (Å²) in [6, 6.07) is 9.36. The van der Waals surface area contributed by atoms with Crippen LogP contribution < -0.4 is 0 Å². The first-order valence-electron chi connectivity index (χ1n) is 6.06. The summed E-state index contributed by atoms with van der Waals surface area (Å²) in [5, 5.41) is 0. The first-order chi connectivity index (χ1) is 9.04. The van der Waals surface area contributed by atoms with Crippen molar-refractivity contribution >= 4 is 18.0 Å². The van der Waals surface area contributed by atoms with Crippen LogP contribution in [0.4, 0.5) is 0 Å². The van der Waals surface area contributed by atoms with E-state index in [1.54, 1.807) is 19.9 Å². The molecule has 102 valence electrons. The Morgan fingerprint density at radius 2 is 1.79 bits per heavy atom. The lowest BCUT2D eigenvalue weighted by molar-refractivity contribution is -0.166. The molecule has 0 aromatic heterocycles. The number of rotatable bonds is 5. The highest BCUT2D eigenvalue weighted by Gasteiger charge is 2.26. The number of carbonyl (C=O) groups excluding carboxylic acids is 2. The quantitative estimate of drug-likeness (QED) is 0.604. The topological polar surface area (TPSA) is 52.6 Å². The molecule has 0 radical (unpaired) electrons. The molecule has 0 amide bonds. The van der Waals surface area contributed by atoms with Crippen molar-refractivity contribution in [2.45, 2.75) is 20.0 Å². The normalized spacial score (nSPS) is 12.4. The van der Waals surface area contributed by atoms with Gasteiger partial charge in [0, 0.05) is 12.0 Å². The summed E-state index contributed by atoms with van der Waals surface area (Å²) in [5.74, 6) is -1.24. The van der Waals surface area contributed by atoms with Gasteiger partial charge in [0.1, 0.15) is 0 Å². The van der Waals surface area contributed by atoms with E-state index in [2.05, 4.69) is 4.74 Å². The van der Waals surface area contributed by atoms with Crippen molar-refractivity contribution in [3.63, 3.8) is 0 Å². The Bertz CT molecular complexity index is 448. The van der Waals surface area contributed by atoms with Gasteiger partial charge in [-0.05, 0) is 11.6 Å². The summed E-state index contributed by atoms with van der Waals surface area (Å²) in [6.45, 7) is 3.57. The Balaban J connectivity index is 2.63. The Morgan fingerprint density at radius 1 is 1.16 bits per heavy atom. The zero-order valence-corrected chi connectivity index (χ0v) is 11.3. The molecule has 0 bridgehead atoms. The van der Waals surface area contributed by atoms with Crippen molar-refractivity contribution in [1.82, 2.24) is 0 Å². The Labute approximate surface area is 113 Å². The van der Waals surface area contributed by atoms with E-state index in [1.165, 1.54) is 13.2 Å². The van der Waals surface area contributed by atoms with E-state index in [4.69, 9.17) is 4.74 Å². The van der Waals surface area contributed by atoms with Gasteiger partial charge in [-0.25, -0.2) is 9.59 Å². The number of benzene rings is 1. The Morgan fingerprint density at radius 3 is 2.32 bits per heavy atom. The molecule has 0 unspecified atom stereocenters. The van der Waals surface area contributed by atoms with Crippen molar-refractivity contribution in [2.24, 2.45) is 5.92 Å². The highest BCUT2D eigenvalue weighted by atomic mass is 16.6. The van der Waals surface area contributed by atoms with Gasteiger partial charge >= 0.3 is 11.9 Å². The molecular formula is C15H18O4. The highest BCUT2D eigenvalue weighted by Crippen LogP contribution is 2.10. The molecule has 1 atom stereocenters. The average Bonchev–Trinajstić information content (AvgIpc) is 2.42. The Kier molecular flexibility index (Phi) is 5.79. The van der Waals surface area contributed by atoms with Crippen molar-refractivity contribution in [3.8, 4) is 0 Å². The maximum absolute atomic E-state index is 11.6. The van der Waals surface area contributed by atoms with Crippen LogP contribution in [0.2, 0.25) is 0 Å². The summed E-state index contributed by atoms with van der Waals surface area (Å²) in [5.41, 5.74) is 0.888. The van der Waals surface area contributed by atoms with Gasteiger partial charge in [0.15, 0.2) is 0 Å². The second kappa shape index (κ2) is 7.36. The van der Waals surface area contributed by atoms with Gasteiger partial charge in [-0.2, -0.15) is 0 Å². The third-order valence-electron chi connectivity index (χ3n) is 2.49. The summed E-state index contributed by atoms with van der Waals surface area (Å²) >= 11 is 0. The van der Waals surface area contributed by atoms with Crippen LogP contribution in [-0.4, -0.2) is 25.2 Å². The minimum atomic E-state index is -0.877. The molecular weight excluding hydrogens is 244 g/mol. The van der Waals surface area contributed by atoms with Crippen LogP contribution in [0.25, 0.3) is 6.08 Å². The minimum Gasteiger partial charge on any atom is -0.466 e. The lowest BCUT2D eigenvalue weighted by atomic mass is 10.1. The van der Waals surface area contributed by atoms with Crippen molar-refractivity contribution < 1.29 is 19.1 Å². The predicted octanol–water partition coefficient (Wildman–Crippen LogP) is 2.44. The van der Waals surface area contributed by atoms with E-state index in [1.807, 2.05) is 30.3 Å². The molecule has 0 saturated carbocycles. The van der Waals surface area contributed by atoms with E-state index < -0.39 is 18.0 Å². The first-order valence-corrected chi connectivity index (χ1v) is 6.06. The number of esters is 2. The summed E-state index contributed by atoms with van der Waals surface area (Å²) in [7, 11) is 1.27. The second-order valence-electron chi connectivity index (χ2n) is 4.37. The zero-order chi connectivity index (χ0) is 14.3. The summed E-state index contributed by atoms with van der Waals surface area (Å²) in [4.78, 5) is 23.1. The van der Waals surface area contributed by atoms with Crippen LogP contribution in [0.15, 0.2) is 36.4 Å². The number of hydrogen-bond donors (Lipinski definition) is 0. The fourth-order valence-electron chi connectivity index (χ4n) is 1.47. The van der Waals surface area contributed by atoms with Gasteiger partial charge in [-0.15, -0.1) is 0 Å². The molecule has 1 aromatic rings. The molecule has 1 rings (SSSR count). The molecule has 4 heteroatoms. The molecule has 4 nitrogen and oxygen atoms in total. The average molecular weight is 262 g/mol. The van der Waals surface area contributed by atoms with Crippen molar-refractivity contribution in [3.05, 3.63) is 42.0 Å². The number of methoxy groups -OCH3 is 1. The fourth-order valence-corrected chi connectivity index (χ4v) is 1.47. The predicted molar refractivity (Wildman–Crippen MR) is 72.2 cm³/mol. The maximum atomic E-state index is 11.6. The monoisotopic (exact) mass is 262 g/mol. The van der Waals surface area contributed by atoms with Crippen LogP contribution in [0.1, 0.15) is 19.4 Å². The fraction of sp³-hybridized carbons (Fsp3) is 0.333. The SMILES string of the molecule is COC(=O)[C@H](OC(=O)/C=C/c1ccccc1)C(C)C. The van der Waals surface area contributed by atoms with E-state index in [0.29, 0.717) is 0 Å². The lowest BCUT2D eigenvalue weighted by Crippen LogP contribution is -2.32. The van der Waals surface area contributed by atoms with Crippen LogP contribution in [0.3, 0.4) is 0 Å². The van der Waals surface area contributed by atoms with Gasteiger partial charge in [0.2, 0.25) is 6.10 Å². The number of ether oxygens (including phenoxy) is 2. The largest absolute Gasteiger partial charge is 0.466 e. The van der Waals surface area contributed by atoms with Gasteiger partial charge in [-0.3, -0.25) is 0 Å². The van der Waals surface area contributed by atoms with Crippen LogP contribution >= 0.6 is 0 Å². The molecule has 0 spiro atoms. The van der Waals surface area contributed by atoms with E-state index >= 15 is 0 Å². The molecule has 0 fully saturated rings. The van der Waals surface area contributed by atoms with Crippen LogP contribution in [0, 0.1) is 5.92 Å². The molecule has 0 aliphatic carbocycles. The maximum Gasteiger partial charge on any atom is 0.347 e. The first kappa shape index (κ1) is 15.0. The van der Waals surface area contributed by atoms with E-state index in [0.717, 1.165) is 5.56 Å². The van der Waals surface area contributed by atoms with Crippen LogP contribution in [-0.2, 0) is 19.1 Å². The molecule has 0 heterocycles. The molecule has 0 saturated heterocycles. The summed E-state index contributed by atoms with van der Waals surface area (Å²) in [6.07, 6.45) is 2.06. The molecule has 0 aliphatic heterocycles. The van der Waals surface area contributed by atoms with E-state index in [-0.39, 0.29) is 5.92 Å². The highest BCUT2D eigenvalue weighted by molar-refractivity contribution is 5.89. The molecule has 19 heavy (non-hydrogen) atoms. The minimum absolute atomic E-state index is 0.137. The van der Waals surface area contributed by atoms with Crippen molar-refractivity contribution in [1.29, 1.82) is 0 Å². The van der Waals surface area contributed by atoms with E-state index in [9.17, 15) is 9.59 Å². The van der Waals surface area contributed by atoms with Crippen LogP contribution in [0.5, 0.6) is 0 Å². The molecule has 0 N–H and O–H groups in total. The second-order valence-corrected chi connectivity index (χ2v) is 4.37.